The zero-order valence-electron chi connectivity index (χ0n) is 12.5. The van der Waals surface area contributed by atoms with Gasteiger partial charge in [-0.1, -0.05) is 0 Å². The molecule has 0 fully saturated rings. The highest BCUT2D eigenvalue weighted by Gasteiger charge is 2.06. The molecular weight excluding hydrogens is 278 g/mol. The monoisotopic (exact) mass is 295 g/mol. The minimum absolute atomic E-state index is 0.0830. The van der Waals surface area contributed by atoms with Gasteiger partial charge in [-0.2, -0.15) is 0 Å². The Morgan fingerprint density at radius 2 is 1.95 bits per heavy atom. The average Bonchev–Trinajstić information content (AvgIpc) is 3.12. The summed E-state index contributed by atoms with van der Waals surface area (Å²) in [4.78, 5) is 20.1. The van der Waals surface area contributed by atoms with Gasteiger partial charge in [-0.05, 0) is 38.1 Å². The first kappa shape index (κ1) is 14.1. The Balaban J connectivity index is 1.69. The molecule has 6 heteroatoms. The SMILES string of the molecule is Cc1ncn(-c2ccc(NC(=O)Cn3ccnc3)cc2)c1C. The van der Waals surface area contributed by atoms with Crippen molar-refractivity contribution in [1.82, 2.24) is 19.1 Å². The lowest BCUT2D eigenvalue weighted by molar-refractivity contribution is -0.116. The lowest BCUT2D eigenvalue weighted by Gasteiger charge is -2.09. The van der Waals surface area contributed by atoms with Crippen molar-refractivity contribution in [2.45, 2.75) is 20.4 Å². The van der Waals surface area contributed by atoms with Crippen molar-refractivity contribution in [1.29, 1.82) is 0 Å². The second kappa shape index (κ2) is 5.85. The van der Waals surface area contributed by atoms with Crippen LogP contribution in [0.3, 0.4) is 0 Å². The molecule has 0 atom stereocenters. The third-order valence-electron chi connectivity index (χ3n) is 3.57. The Bertz CT molecular complexity index is 771. The topological polar surface area (TPSA) is 64.7 Å². The highest BCUT2D eigenvalue weighted by atomic mass is 16.1. The number of hydrogen-bond acceptors (Lipinski definition) is 3. The van der Waals surface area contributed by atoms with Crippen molar-refractivity contribution in [3.63, 3.8) is 0 Å². The fraction of sp³-hybridized carbons (Fsp3) is 0.188. The number of amides is 1. The van der Waals surface area contributed by atoms with Gasteiger partial charge in [0.05, 0.1) is 18.3 Å². The number of hydrogen-bond donors (Lipinski definition) is 1. The number of benzene rings is 1. The van der Waals surface area contributed by atoms with Gasteiger partial charge in [0.15, 0.2) is 0 Å². The first-order valence-corrected chi connectivity index (χ1v) is 7.00. The summed E-state index contributed by atoms with van der Waals surface area (Å²) >= 11 is 0. The van der Waals surface area contributed by atoms with Gasteiger partial charge >= 0.3 is 0 Å². The van der Waals surface area contributed by atoms with Crippen molar-refractivity contribution in [2.24, 2.45) is 0 Å². The van der Waals surface area contributed by atoms with E-state index in [1.807, 2.05) is 42.7 Å². The molecule has 1 aromatic carbocycles. The molecule has 0 aliphatic carbocycles. The molecule has 0 radical (unpaired) electrons. The second-order valence-electron chi connectivity index (χ2n) is 5.12. The van der Waals surface area contributed by atoms with Gasteiger partial charge in [0, 0.05) is 29.5 Å². The Morgan fingerprint density at radius 1 is 1.18 bits per heavy atom. The summed E-state index contributed by atoms with van der Waals surface area (Å²) in [7, 11) is 0. The van der Waals surface area contributed by atoms with Crippen LogP contribution in [0.15, 0.2) is 49.3 Å². The van der Waals surface area contributed by atoms with Crippen LogP contribution >= 0.6 is 0 Å². The van der Waals surface area contributed by atoms with E-state index in [0.29, 0.717) is 0 Å². The number of carbonyl (C=O) groups is 1. The van der Waals surface area contributed by atoms with Crippen LogP contribution in [0.25, 0.3) is 5.69 Å². The molecule has 2 heterocycles. The average molecular weight is 295 g/mol. The minimum Gasteiger partial charge on any atom is -0.328 e. The van der Waals surface area contributed by atoms with Crippen LogP contribution in [0.4, 0.5) is 5.69 Å². The smallest absolute Gasteiger partial charge is 0.244 e. The van der Waals surface area contributed by atoms with Gasteiger partial charge in [-0.3, -0.25) is 4.79 Å². The van der Waals surface area contributed by atoms with Crippen LogP contribution in [0, 0.1) is 13.8 Å². The standard InChI is InChI=1S/C16H17N5O/c1-12-13(2)21(11-18-12)15-5-3-14(4-6-15)19-16(22)9-20-8-7-17-10-20/h3-8,10-11H,9H2,1-2H3,(H,19,22). The van der Waals surface area contributed by atoms with E-state index in [1.54, 1.807) is 29.6 Å². The number of aromatic nitrogens is 4. The van der Waals surface area contributed by atoms with Crippen molar-refractivity contribution in [2.75, 3.05) is 5.32 Å². The van der Waals surface area contributed by atoms with E-state index in [2.05, 4.69) is 15.3 Å². The van der Waals surface area contributed by atoms with Crippen LogP contribution in [0.2, 0.25) is 0 Å². The summed E-state index contributed by atoms with van der Waals surface area (Å²) in [5.74, 6) is -0.0830. The lowest BCUT2D eigenvalue weighted by Crippen LogP contribution is -2.17. The molecule has 0 unspecified atom stereocenters. The van der Waals surface area contributed by atoms with E-state index in [4.69, 9.17) is 0 Å². The summed E-state index contributed by atoms with van der Waals surface area (Å²) in [6, 6.07) is 7.69. The van der Waals surface area contributed by atoms with Gasteiger partial charge in [0.25, 0.3) is 0 Å². The number of carbonyl (C=O) groups excluding carboxylic acids is 1. The maximum absolute atomic E-state index is 11.9. The molecular formula is C16H17N5O. The molecule has 3 aromatic rings. The predicted molar refractivity (Wildman–Crippen MR) is 83.9 cm³/mol. The summed E-state index contributed by atoms with van der Waals surface area (Å²) in [5.41, 5.74) is 3.91. The summed E-state index contributed by atoms with van der Waals surface area (Å²) < 4.78 is 3.74. The maximum Gasteiger partial charge on any atom is 0.244 e. The van der Waals surface area contributed by atoms with E-state index in [9.17, 15) is 4.79 Å². The van der Waals surface area contributed by atoms with Crippen molar-refractivity contribution < 1.29 is 4.79 Å². The lowest BCUT2D eigenvalue weighted by atomic mass is 10.2. The number of nitrogens with one attached hydrogen (secondary N) is 1. The predicted octanol–water partition coefficient (Wildman–Crippen LogP) is 2.32. The Labute approximate surface area is 128 Å². The molecule has 112 valence electrons. The van der Waals surface area contributed by atoms with Crippen molar-refractivity contribution >= 4 is 11.6 Å². The Kier molecular flexibility index (Phi) is 3.74. The second-order valence-corrected chi connectivity index (χ2v) is 5.12. The first-order valence-electron chi connectivity index (χ1n) is 7.00. The highest BCUT2D eigenvalue weighted by molar-refractivity contribution is 5.90. The zero-order chi connectivity index (χ0) is 15.5. The molecule has 0 saturated carbocycles. The van der Waals surface area contributed by atoms with Crippen molar-refractivity contribution in [3.8, 4) is 5.69 Å². The quantitative estimate of drug-likeness (QED) is 0.803. The highest BCUT2D eigenvalue weighted by Crippen LogP contribution is 2.16. The third-order valence-corrected chi connectivity index (χ3v) is 3.57. The maximum atomic E-state index is 11.9. The number of nitrogens with zero attached hydrogens (tertiary/aromatic N) is 4. The molecule has 0 aliphatic rings. The van der Waals surface area contributed by atoms with Gasteiger partial charge in [0.1, 0.15) is 6.54 Å². The largest absolute Gasteiger partial charge is 0.328 e. The fourth-order valence-electron chi connectivity index (χ4n) is 2.21. The molecule has 0 bridgehead atoms. The molecule has 0 saturated heterocycles. The van der Waals surface area contributed by atoms with Crippen LogP contribution in [0.5, 0.6) is 0 Å². The van der Waals surface area contributed by atoms with E-state index in [0.717, 1.165) is 22.8 Å². The zero-order valence-corrected chi connectivity index (χ0v) is 12.5. The van der Waals surface area contributed by atoms with E-state index in [-0.39, 0.29) is 12.5 Å². The molecule has 0 aliphatic heterocycles. The molecule has 1 N–H and O–H groups in total. The molecule has 1 amide bonds. The van der Waals surface area contributed by atoms with Gasteiger partial charge < -0.3 is 14.5 Å². The van der Waals surface area contributed by atoms with Gasteiger partial charge in [0.2, 0.25) is 5.91 Å². The number of anilines is 1. The third kappa shape index (κ3) is 2.90. The molecule has 0 spiro atoms. The van der Waals surface area contributed by atoms with Crippen LogP contribution in [-0.2, 0) is 11.3 Å². The van der Waals surface area contributed by atoms with Gasteiger partial charge in [-0.25, -0.2) is 9.97 Å². The molecule has 2 aromatic heterocycles. The summed E-state index contributed by atoms with van der Waals surface area (Å²) in [6.45, 7) is 4.27. The normalized spacial score (nSPS) is 10.6. The van der Waals surface area contributed by atoms with Crippen molar-refractivity contribution in [3.05, 3.63) is 60.7 Å². The molecule has 3 rings (SSSR count). The summed E-state index contributed by atoms with van der Waals surface area (Å²) in [6.07, 6.45) is 6.83. The summed E-state index contributed by atoms with van der Waals surface area (Å²) in [5, 5.41) is 2.87. The minimum atomic E-state index is -0.0830. The Morgan fingerprint density at radius 3 is 2.55 bits per heavy atom. The Hall–Kier alpha value is -2.89. The fourth-order valence-corrected chi connectivity index (χ4v) is 2.21. The van der Waals surface area contributed by atoms with Crippen LogP contribution < -0.4 is 5.32 Å². The van der Waals surface area contributed by atoms with E-state index in [1.165, 1.54) is 0 Å². The first-order chi connectivity index (χ1) is 10.6. The van der Waals surface area contributed by atoms with Gasteiger partial charge in [-0.15, -0.1) is 0 Å². The van der Waals surface area contributed by atoms with Crippen LogP contribution in [-0.4, -0.2) is 25.0 Å². The van der Waals surface area contributed by atoms with E-state index < -0.39 is 0 Å². The molecule has 6 nitrogen and oxygen atoms in total. The number of rotatable bonds is 4. The molecule has 22 heavy (non-hydrogen) atoms. The number of aryl methyl sites for hydroxylation is 1. The number of imidazole rings is 2. The van der Waals surface area contributed by atoms with E-state index >= 15 is 0 Å². The van der Waals surface area contributed by atoms with Crippen LogP contribution in [0.1, 0.15) is 11.4 Å².